The van der Waals surface area contributed by atoms with Crippen LogP contribution >= 0.6 is 0 Å². The van der Waals surface area contributed by atoms with E-state index in [4.69, 9.17) is 10.5 Å². The van der Waals surface area contributed by atoms with Crippen molar-refractivity contribution in [3.05, 3.63) is 30.5 Å². The zero-order chi connectivity index (χ0) is 13.2. The molecule has 0 spiro atoms. The lowest BCUT2D eigenvalue weighted by molar-refractivity contribution is 0.415. The Labute approximate surface area is 108 Å². The minimum absolute atomic E-state index is 0.420. The summed E-state index contributed by atoms with van der Waals surface area (Å²) in [6, 6.07) is 7.58. The Morgan fingerprint density at radius 2 is 1.95 bits per heavy atom. The standard InChI is InChI=1S/C12H12N6O/c1-19-8-4-2-7(3-5-8)10-11(16-17-12(10)13)9-6-14-18-15-9/h2-6H,1H3,(H3,13,16,17)(H,14,15,18). The molecule has 4 N–H and O–H groups in total. The van der Waals surface area contributed by atoms with Crippen LogP contribution in [0.1, 0.15) is 0 Å². The molecular weight excluding hydrogens is 244 g/mol. The number of aromatic amines is 2. The van der Waals surface area contributed by atoms with Crippen LogP contribution in [0.15, 0.2) is 30.5 Å². The molecule has 0 fully saturated rings. The van der Waals surface area contributed by atoms with Gasteiger partial charge in [0, 0.05) is 0 Å². The van der Waals surface area contributed by atoms with Gasteiger partial charge in [-0.2, -0.15) is 20.5 Å². The molecule has 96 valence electrons. The van der Waals surface area contributed by atoms with E-state index in [0.29, 0.717) is 11.5 Å². The zero-order valence-electron chi connectivity index (χ0n) is 10.2. The second-order valence-corrected chi connectivity index (χ2v) is 3.94. The normalized spacial score (nSPS) is 10.6. The van der Waals surface area contributed by atoms with E-state index in [0.717, 1.165) is 22.6 Å². The molecule has 0 saturated carbocycles. The molecule has 7 nitrogen and oxygen atoms in total. The maximum atomic E-state index is 5.92. The molecule has 3 aromatic rings. The van der Waals surface area contributed by atoms with Gasteiger partial charge in [-0.05, 0) is 17.7 Å². The fourth-order valence-electron chi connectivity index (χ4n) is 1.91. The molecular formula is C12H12N6O. The Morgan fingerprint density at radius 3 is 2.58 bits per heavy atom. The summed E-state index contributed by atoms with van der Waals surface area (Å²) in [6.07, 6.45) is 1.61. The second kappa shape index (κ2) is 4.45. The first-order chi connectivity index (χ1) is 9.29. The summed E-state index contributed by atoms with van der Waals surface area (Å²) in [4.78, 5) is 0. The zero-order valence-corrected chi connectivity index (χ0v) is 10.2. The van der Waals surface area contributed by atoms with Crippen LogP contribution in [0, 0.1) is 0 Å². The van der Waals surface area contributed by atoms with Crippen LogP contribution in [0.25, 0.3) is 22.5 Å². The number of nitrogens with two attached hydrogens (primary N) is 1. The van der Waals surface area contributed by atoms with Crippen LogP contribution in [0.3, 0.4) is 0 Å². The number of nitrogens with zero attached hydrogens (tertiary/aromatic N) is 3. The first-order valence-corrected chi connectivity index (χ1v) is 5.64. The van der Waals surface area contributed by atoms with Gasteiger partial charge in [-0.1, -0.05) is 12.1 Å². The van der Waals surface area contributed by atoms with Gasteiger partial charge in [-0.3, -0.25) is 5.10 Å². The van der Waals surface area contributed by atoms with Crippen LogP contribution in [0.5, 0.6) is 5.75 Å². The van der Waals surface area contributed by atoms with E-state index in [1.807, 2.05) is 24.3 Å². The minimum atomic E-state index is 0.420. The molecule has 2 aromatic heterocycles. The molecule has 0 aliphatic rings. The van der Waals surface area contributed by atoms with Gasteiger partial charge in [0.2, 0.25) is 0 Å². The summed E-state index contributed by atoms with van der Waals surface area (Å²) in [6.45, 7) is 0. The highest BCUT2D eigenvalue weighted by Crippen LogP contribution is 2.34. The van der Waals surface area contributed by atoms with E-state index in [9.17, 15) is 0 Å². The van der Waals surface area contributed by atoms with Crippen molar-refractivity contribution >= 4 is 5.82 Å². The van der Waals surface area contributed by atoms with E-state index in [1.54, 1.807) is 13.3 Å². The number of anilines is 1. The van der Waals surface area contributed by atoms with Gasteiger partial charge < -0.3 is 10.5 Å². The van der Waals surface area contributed by atoms with Crippen LogP contribution < -0.4 is 10.5 Å². The quantitative estimate of drug-likeness (QED) is 0.657. The van der Waals surface area contributed by atoms with Crippen molar-refractivity contribution in [2.45, 2.75) is 0 Å². The number of hydrogen-bond acceptors (Lipinski definition) is 5. The Balaban J connectivity index is 2.11. The lowest BCUT2D eigenvalue weighted by atomic mass is 10.0. The molecule has 7 heteroatoms. The number of methoxy groups -OCH3 is 1. The van der Waals surface area contributed by atoms with Gasteiger partial charge in [-0.15, -0.1) is 0 Å². The average Bonchev–Trinajstić information content (AvgIpc) is 3.08. The smallest absolute Gasteiger partial charge is 0.153 e. The van der Waals surface area contributed by atoms with Crippen molar-refractivity contribution in [2.75, 3.05) is 12.8 Å². The van der Waals surface area contributed by atoms with Gasteiger partial charge >= 0.3 is 0 Å². The minimum Gasteiger partial charge on any atom is -0.497 e. The molecule has 0 unspecified atom stereocenters. The summed E-state index contributed by atoms with van der Waals surface area (Å²) in [5.41, 5.74) is 9.05. The number of ether oxygens (including phenoxy) is 1. The van der Waals surface area contributed by atoms with Crippen LogP contribution in [0.4, 0.5) is 5.82 Å². The lowest BCUT2D eigenvalue weighted by Crippen LogP contribution is -1.89. The summed E-state index contributed by atoms with van der Waals surface area (Å²) in [5, 5.41) is 17.3. The molecule has 19 heavy (non-hydrogen) atoms. The largest absolute Gasteiger partial charge is 0.497 e. The molecule has 2 heterocycles. The Kier molecular flexibility index (Phi) is 2.64. The van der Waals surface area contributed by atoms with E-state index < -0.39 is 0 Å². The van der Waals surface area contributed by atoms with Gasteiger partial charge in [0.05, 0.1) is 24.6 Å². The number of H-pyrrole nitrogens is 2. The van der Waals surface area contributed by atoms with E-state index >= 15 is 0 Å². The Hall–Kier alpha value is -2.83. The Bertz CT molecular complexity index is 671. The van der Waals surface area contributed by atoms with Crippen molar-refractivity contribution in [2.24, 2.45) is 0 Å². The third-order valence-corrected chi connectivity index (χ3v) is 2.84. The van der Waals surface area contributed by atoms with Gasteiger partial charge in [0.25, 0.3) is 0 Å². The summed E-state index contributed by atoms with van der Waals surface area (Å²) < 4.78 is 5.14. The van der Waals surface area contributed by atoms with E-state index in [2.05, 4.69) is 25.6 Å². The predicted molar refractivity (Wildman–Crippen MR) is 70.4 cm³/mol. The summed E-state index contributed by atoms with van der Waals surface area (Å²) in [7, 11) is 1.63. The summed E-state index contributed by atoms with van der Waals surface area (Å²) >= 11 is 0. The molecule has 3 rings (SSSR count). The maximum Gasteiger partial charge on any atom is 0.153 e. The SMILES string of the molecule is COc1ccc(-c2c(N)n[nH]c2-c2cn[nH]n2)cc1. The maximum absolute atomic E-state index is 5.92. The first-order valence-electron chi connectivity index (χ1n) is 5.64. The van der Waals surface area contributed by atoms with Gasteiger partial charge in [0.15, 0.2) is 5.82 Å². The monoisotopic (exact) mass is 256 g/mol. The molecule has 0 aliphatic heterocycles. The molecule has 0 saturated heterocycles. The lowest BCUT2D eigenvalue weighted by Gasteiger charge is -2.04. The predicted octanol–water partition coefficient (Wildman–Crippen LogP) is 1.45. The van der Waals surface area contributed by atoms with E-state index in [1.165, 1.54) is 0 Å². The Morgan fingerprint density at radius 1 is 1.16 bits per heavy atom. The third kappa shape index (κ3) is 1.90. The van der Waals surface area contributed by atoms with Crippen molar-refractivity contribution in [1.82, 2.24) is 25.6 Å². The molecule has 0 aliphatic carbocycles. The highest BCUT2D eigenvalue weighted by Gasteiger charge is 2.16. The van der Waals surface area contributed by atoms with Gasteiger partial charge in [-0.25, -0.2) is 0 Å². The van der Waals surface area contributed by atoms with Gasteiger partial charge in [0.1, 0.15) is 11.4 Å². The number of benzene rings is 1. The number of hydrogen-bond donors (Lipinski definition) is 3. The summed E-state index contributed by atoms with van der Waals surface area (Å²) in [5.74, 6) is 1.21. The third-order valence-electron chi connectivity index (χ3n) is 2.84. The highest BCUT2D eigenvalue weighted by molar-refractivity contribution is 5.86. The second-order valence-electron chi connectivity index (χ2n) is 3.94. The van der Waals surface area contributed by atoms with Crippen molar-refractivity contribution < 1.29 is 4.74 Å². The topological polar surface area (TPSA) is 105 Å². The van der Waals surface area contributed by atoms with Crippen LogP contribution in [-0.4, -0.2) is 32.7 Å². The van der Waals surface area contributed by atoms with Crippen LogP contribution in [-0.2, 0) is 0 Å². The molecule has 0 radical (unpaired) electrons. The first kappa shape index (κ1) is 11.3. The van der Waals surface area contributed by atoms with Crippen LogP contribution in [0.2, 0.25) is 0 Å². The fourth-order valence-corrected chi connectivity index (χ4v) is 1.91. The number of nitrogen functional groups attached to an aromatic ring is 1. The van der Waals surface area contributed by atoms with Crippen molar-refractivity contribution in [3.8, 4) is 28.3 Å². The molecule has 0 amide bonds. The molecule has 0 bridgehead atoms. The number of rotatable bonds is 3. The number of aromatic nitrogens is 5. The van der Waals surface area contributed by atoms with Crippen molar-refractivity contribution in [3.63, 3.8) is 0 Å². The fraction of sp³-hybridized carbons (Fsp3) is 0.0833. The molecule has 1 aromatic carbocycles. The van der Waals surface area contributed by atoms with E-state index in [-0.39, 0.29) is 0 Å². The highest BCUT2D eigenvalue weighted by atomic mass is 16.5. The van der Waals surface area contributed by atoms with Crippen molar-refractivity contribution in [1.29, 1.82) is 0 Å². The average molecular weight is 256 g/mol. The molecule has 0 atom stereocenters. The number of nitrogens with one attached hydrogen (secondary N) is 2.